The van der Waals surface area contributed by atoms with Gasteiger partial charge in [-0.1, -0.05) is 33.1 Å². The number of rotatable bonds is 7. The molecule has 1 aliphatic carbocycles. The number of nitrogens with zero attached hydrogens (tertiary/aromatic N) is 1. The van der Waals surface area contributed by atoms with Crippen molar-refractivity contribution in [2.45, 2.75) is 72.3 Å². The molecule has 0 amide bonds. The highest BCUT2D eigenvalue weighted by atomic mass is 15.1. The molecule has 0 aliphatic heterocycles. The minimum atomic E-state index is 0.241. The molecule has 2 heteroatoms. The van der Waals surface area contributed by atoms with E-state index in [1.54, 1.807) is 0 Å². The van der Waals surface area contributed by atoms with Crippen molar-refractivity contribution in [1.29, 1.82) is 0 Å². The van der Waals surface area contributed by atoms with Gasteiger partial charge in [0.1, 0.15) is 0 Å². The summed E-state index contributed by atoms with van der Waals surface area (Å²) < 4.78 is 0. The molecule has 1 N–H and O–H groups in total. The molecule has 0 saturated heterocycles. The summed E-state index contributed by atoms with van der Waals surface area (Å²) in [5.74, 6) is 0.819. The average molecular weight is 268 g/mol. The highest BCUT2D eigenvalue weighted by Gasteiger charge is 2.35. The molecule has 1 atom stereocenters. The summed E-state index contributed by atoms with van der Waals surface area (Å²) in [4.78, 5) is 2.57. The first-order valence-corrected chi connectivity index (χ1v) is 8.20. The van der Waals surface area contributed by atoms with Gasteiger partial charge in [-0.2, -0.15) is 0 Å². The summed E-state index contributed by atoms with van der Waals surface area (Å²) in [7, 11) is 2.31. The molecule has 114 valence electrons. The van der Waals surface area contributed by atoms with Gasteiger partial charge in [-0.3, -0.25) is 0 Å². The Bertz CT molecular complexity index is 248. The van der Waals surface area contributed by atoms with Crippen LogP contribution in [-0.2, 0) is 0 Å². The van der Waals surface area contributed by atoms with Crippen molar-refractivity contribution < 1.29 is 0 Å². The standard InChI is InChI=1S/C17H36N2/c1-7-15(2)12-19(6)14-17(10-8-9-11-17)13-18-16(3,4)5/h15,18H,7-14H2,1-6H3. The molecule has 0 heterocycles. The summed E-state index contributed by atoms with van der Waals surface area (Å²) in [6, 6.07) is 0. The van der Waals surface area contributed by atoms with Crippen LogP contribution in [0.2, 0.25) is 0 Å². The zero-order valence-corrected chi connectivity index (χ0v) is 14.2. The minimum Gasteiger partial charge on any atom is -0.311 e. The Kier molecular flexibility index (Phi) is 6.32. The van der Waals surface area contributed by atoms with E-state index in [4.69, 9.17) is 0 Å². The second-order valence-corrected chi connectivity index (χ2v) is 8.02. The summed E-state index contributed by atoms with van der Waals surface area (Å²) in [5, 5.41) is 3.75. The first-order valence-electron chi connectivity index (χ1n) is 8.20. The molecule has 19 heavy (non-hydrogen) atoms. The van der Waals surface area contributed by atoms with Gasteiger partial charge in [0.2, 0.25) is 0 Å². The van der Waals surface area contributed by atoms with Crippen LogP contribution >= 0.6 is 0 Å². The Morgan fingerprint density at radius 1 is 1.21 bits per heavy atom. The molecule has 1 fully saturated rings. The van der Waals surface area contributed by atoms with Crippen LogP contribution in [0.4, 0.5) is 0 Å². The minimum absolute atomic E-state index is 0.241. The van der Waals surface area contributed by atoms with Crippen molar-refractivity contribution >= 4 is 0 Å². The summed E-state index contributed by atoms with van der Waals surface area (Å²) >= 11 is 0. The van der Waals surface area contributed by atoms with E-state index in [0.29, 0.717) is 5.41 Å². The van der Waals surface area contributed by atoms with Gasteiger partial charge in [0, 0.05) is 25.2 Å². The zero-order chi connectivity index (χ0) is 14.5. The van der Waals surface area contributed by atoms with Crippen LogP contribution in [0.25, 0.3) is 0 Å². The fourth-order valence-electron chi connectivity index (χ4n) is 3.27. The normalized spacial score (nSPS) is 21.0. The van der Waals surface area contributed by atoms with Crippen LogP contribution in [0.15, 0.2) is 0 Å². The van der Waals surface area contributed by atoms with Crippen molar-refractivity contribution in [3.05, 3.63) is 0 Å². The van der Waals surface area contributed by atoms with Gasteiger partial charge in [-0.05, 0) is 52.0 Å². The van der Waals surface area contributed by atoms with E-state index in [2.05, 4.69) is 51.9 Å². The van der Waals surface area contributed by atoms with Crippen molar-refractivity contribution in [1.82, 2.24) is 10.2 Å². The maximum Gasteiger partial charge on any atom is 0.00967 e. The molecule has 0 bridgehead atoms. The molecular formula is C17H36N2. The number of hydrogen-bond acceptors (Lipinski definition) is 2. The average Bonchev–Trinajstić information content (AvgIpc) is 2.74. The van der Waals surface area contributed by atoms with E-state index in [-0.39, 0.29) is 5.54 Å². The fourth-order valence-corrected chi connectivity index (χ4v) is 3.27. The SMILES string of the molecule is CCC(C)CN(C)CC1(CNC(C)(C)C)CCCC1. The van der Waals surface area contributed by atoms with E-state index < -0.39 is 0 Å². The maximum absolute atomic E-state index is 3.75. The third-order valence-corrected chi connectivity index (χ3v) is 4.58. The van der Waals surface area contributed by atoms with Gasteiger partial charge in [0.25, 0.3) is 0 Å². The third-order valence-electron chi connectivity index (χ3n) is 4.58. The Balaban J connectivity index is 2.51. The zero-order valence-electron chi connectivity index (χ0n) is 14.2. The van der Waals surface area contributed by atoms with E-state index >= 15 is 0 Å². The molecule has 0 spiro atoms. The molecule has 0 aromatic carbocycles. The third kappa shape index (κ3) is 6.27. The molecule has 1 unspecified atom stereocenters. The van der Waals surface area contributed by atoms with Gasteiger partial charge in [-0.15, -0.1) is 0 Å². The van der Waals surface area contributed by atoms with E-state index in [1.165, 1.54) is 51.7 Å². The number of nitrogens with one attached hydrogen (secondary N) is 1. The Morgan fingerprint density at radius 2 is 1.79 bits per heavy atom. The monoisotopic (exact) mass is 268 g/mol. The van der Waals surface area contributed by atoms with Gasteiger partial charge >= 0.3 is 0 Å². The lowest BCUT2D eigenvalue weighted by Crippen LogP contribution is -2.47. The van der Waals surface area contributed by atoms with Crippen molar-refractivity contribution in [3.63, 3.8) is 0 Å². The van der Waals surface area contributed by atoms with Crippen LogP contribution in [0.5, 0.6) is 0 Å². The Labute approximate surface area is 121 Å². The molecule has 0 radical (unpaired) electrons. The highest BCUT2D eigenvalue weighted by molar-refractivity contribution is 4.91. The lowest BCUT2D eigenvalue weighted by Gasteiger charge is -2.37. The van der Waals surface area contributed by atoms with Crippen LogP contribution in [0.3, 0.4) is 0 Å². The Morgan fingerprint density at radius 3 is 2.26 bits per heavy atom. The van der Waals surface area contributed by atoms with Gasteiger partial charge in [0.15, 0.2) is 0 Å². The fraction of sp³-hybridized carbons (Fsp3) is 1.00. The largest absolute Gasteiger partial charge is 0.311 e. The molecule has 0 aromatic heterocycles. The van der Waals surface area contributed by atoms with Gasteiger partial charge < -0.3 is 10.2 Å². The summed E-state index contributed by atoms with van der Waals surface area (Å²) in [5.41, 5.74) is 0.764. The highest BCUT2D eigenvalue weighted by Crippen LogP contribution is 2.38. The maximum atomic E-state index is 3.75. The predicted molar refractivity (Wildman–Crippen MR) is 85.6 cm³/mol. The quantitative estimate of drug-likeness (QED) is 0.753. The van der Waals surface area contributed by atoms with Crippen molar-refractivity contribution in [2.24, 2.45) is 11.3 Å². The van der Waals surface area contributed by atoms with E-state index in [9.17, 15) is 0 Å². The van der Waals surface area contributed by atoms with E-state index in [0.717, 1.165) is 5.92 Å². The van der Waals surface area contributed by atoms with Crippen LogP contribution in [0, 0.1) is 11.3 Å². The lowest BCUT2D eigenvalue weighted by molar-refractivity contribution is 0.148. The second-order valence-electron chi connectivity index (χ2n) is 8.02. The van der Waals surface area contributed by atoms with Crippen LogP contribution in [0.1, 0.15) is 66.7 Å². The molecule has 1 saturated carbocycles. The van der Waals surface area contributed by atoms with Crippen LogP contribution < -0.4 is 5.32 Å². The molecule has 1 rings (SSSR count). The van der Waals surface area contributed by atoms with E-state index in [1.807, 2.05) is 0 Å². The molecule has 2 nitrogen and oxygen atoms in total. The number of hydrogen-bond donors (Lipinski definition) is 1. The molecule has 0 aromatic rings. The topological polar surface area (TPSA) is 15.3 Å². The second kappa shape index (κ2) is 7.08. The van der Waals surface area contributed by atoms with Crippen molar-refractivity contribution in [2.75, 3.05) is 26.7 Å². The van der Waals surface area contributed by atoms with Gasteiger partial charge in [0.05, 0.1) is 0 Å². The molecular weight excluding hydrogens is 232 g/mol. The van der Waals surface area contributed by atoms with Crippen LogP contribution in [-0.4, -0.2) is 37.1 Å². The first kappa shape index (κ1) is 17.0. The first-order chi connectivity index (χ1) is 8.76. The van der Waals surface area contributed by atoms with Crippen molar-refractivity contribution in [3.8, 4) is 0 Å². The Hall–Kier alpha value is -0.0800. The predicted octanol–water partition coefficient (Wildman–Crippen LogP) is 3.91. The lowest BCUT2D eigenvalue weighted by atomic mass is 9.84. The smallest absolute Gasteiger partial charge is 0.00967 e. The molecule has 1 aliphatic rings. The van der Waals surface area contributed by atoms with Gasteiger partial charge in [-0.25, -0.2) is 0 Å². The summed E-state index contributed by atoms with van der Waals surface area (Å²) in [6.07, 6.45) is 6.94. The summed E-state index contributed by atoms with van der Waals surface area (Å²) in [6.45, 7) is 15.2.